The Bertz CT molecular complexity index is 620. The first-order chi connectivity index (χ1) is 9.38. The van der Waals surface area contributed by atoms with Crippen LogP contribution >= 0.6 is 15.9 Å². The van der Waals surface area contributed by atoms with E-state index in [0.29, 0.717) is 6.42 Å². The van der Waals surface area contributed by atoms with Crippen molar-refractivity contribution in [1.29, 1.82) is 0 Å². The van der Waals surface area contributed by atoms with Gasteiger partial charge in [0.1, 0.15) is 11.6 Å². The van der Waals surface area contributed by atoms with Gasteiger partial charge in [-0.05, 0) is 53.9 Å². The van der Waals surface area contributed by atoms with Crippen LogP contribution in [0.2, 0.25) is 0 Å². The van der Waals surface area contributed by atoms with E-state index in [-0.39, 0.29) is 10.0 Å². The van der Waals surface area contributed by atoms with Crippen molar-refractivity contribution in [3.05, 3.63) is 68.7 Å². The van der Waals surface area contributed by atoms with Crippen LogP contribution in [0.5, 0.6) is 0 Å². The highest BCUT2D eigenvalue weighted by atomic mass is 79.9. The van der Waals surface area contributed by atoms with Crippen LogP contribution in [0.4, 0.5) is 8.78 Å². The van der Waals surface area contributed by atoms with Gasteiger partial charge in [-0.25, -0.2) is 8.78 Å². The lowest BCUT2D eigenvalue weighted by Crippen LogP contribution is -2.17. The smallest absolute Gasteiger partial charge is 0.145 e. The molecule has 1 atom stereocenters. The van der Waals surface area contributed by atoms with Gasteiger partial charge in [0.25, 0.3) is 0 Å². The second-order valence-electron chi connectivity index (χ2n) is 5.06. The Morgan fingerprint density at radius 1 is 1.10 bits per heavy atom. The molecular formula is C16H16BrF2N. The van der Waals surface area contributed by atoms with Crippen molar-refractivity contribution < 1.29 is 8.78 Å². The maximum atomic E-state index is 14.0. The molecule has 0 amide bonds. The first-order valence-electron chi connectivity index (χ1n) is 6.34. The molecule has 0 fully saturated rings. The number of aryl methyl sites for hydroxylation is 2. The van der Waals surface area contributed by atoms with Crippen LogP contribution < -0.4 is 5.73 Å². The second-order valence-corrected chi connectivity index (χ2v) is 5.92. The summed E-state index contributed by atoms with van der Waals surface area (Å²) < 4.78 is 28.0. The largest absolute Gasteiger partial charge is 0.323 e. The number of nitrogens with two attached hydrogens (primary N) is 1. The molecule has 4 heteroatoms. The fraction of sp³-hybridized carbons (Fsp3) is 0.250. The fourth-order valence-electron chi connectivity index (χ4n) is 2.43. The highest BCUT2D eigenvalue weighted by Gasteiger charge is 2.19. The summed E-state index contributed by atoms with van der Waals surface area (Å²) in [4.78, 5) is 0. The predicted octanol–water partition coefficient (Wildman–Crippen LogP) is 4.59. The minimum Gasteiger partial charge on any atom is -0.323 e. The Morgan fingerprint density at radius 3 is 2.30 bits per heavy atom. The molecule has 0 heterocycles. The molecule has 0 aromatic heterocycles. The first kappa shape index (κ1) is 15.1. The van der Waals surface area contributed by atoms with Gasteiger partial charge in [-0.1, -0.05) is 29.3 Å². The number of rotatable bonds is 3. The van der Waals surface area contributed by atoms with Gasteiger partial charge in [-0.3, -0.25) is 0 Å². The van der Waals surface area contributed by atoms with Crippen LogP contribution in [0.15, 0.2) is 34.8 Å². The van der Waals surface area contributed by atoms with Gasteiger partial charge in [0.2, 0.25) is 0 Å². The Hall–Kier alpha value is -1.26. The van der Waals surface area contributed by atoms with Gasteiger partial charge in [-0.2, -0.15) is 0 Å². The van der Waals surface area contributed by atoms with Crippen molar-refractivity contribution in [1.82, 2.24) is 0 Å². The molecule has 2 aromatic carbocycles. The molecule has 0 aliphatic carbocycles. The van der Waals surface area contributed by atoms with E-state index >= 15 is 0 Å². The molecule has 0 saturated heterocycles. The summed E-state index contributed by atoms with van der Waals surface area (Å²) >= 11 is 3.06. The summed E-state index contributed by atoms with van der Waals surface area (Å²) in [6, 6.07) is 7.88. The minimum absolute atomic E-state index is 0.0708. The van der Waals surface area contributed by atoms with E-state index in [4.69, 9.17) is 5.73 Å². The third-order valence-corrected chi connectivity index (χ3v) is 3.80. The molecule has 2 rings (SSSR count). The van der Waals surface area contributed by atoms with E-state index in [2.05, 4.69) is 22.0 Å². The molecule has 0 aliphatic rings. The van der Waals surface area contributed by atoms with Crippen LogP contribution in [0.1, 0.15) is 28.3 Å². The average molecular weight is 340 g/mol. The maximum Gasteiger partial charge on any atom is 0.145 e. The van der Waals surface area contributed by atoms with Crippen LogP contribution in [0.3, 0.4) is 0 Å². The van der Waals surface area contributed by atoms with Crippen LogP contribution in [0, 0.1) is 25.5 Å². The molecule has 106 valence electrons. The number of hydrogen-bond donors (Lipinski definition) is 1. The third kappa shape index (κ3) is 3.25. The normalized spacial score (nSPS) is 12.5. The molecule has 0 radical (unpaired) electrons. The molecule has 0 spiro atoms. The van der Waals surface area contributed by atoms with Gasteiger partial charge >= 0.3 is 0 Å². The summed E-state index contributed by atoms with van der Waals surface area (Å²) in [5, 5.41) is 0. The Kier molecular flexibility index (Phi) is 4.55. The van der Waals surface area contributed by atoms with Crippen LogP contribution in [-0.2, 0) is 6.42 Å². The summed E-state index contributed by atoms with van der Waals surface area (Å²) in [6.45, 7) is 3.98. The molecule has 0 bridgehead atoms. The van der Waals surface area contributed by atoms with Crippen LogP contribution in [-0.4, -0.2) is 0 Å². The van der Waals surface area contributed by atoms with Crippen molar-refractivity contribution in [2.45, 2.75) is 26.3 Å². The Labute approximate surface area is 125 Å². The number of halogens is 3. The molecule has 1 nitrogen and oxygen atoms in total. The van der Waals surface area contributed by atoms with Gasteiger partial charge in [0.15, 0.2) is 0 Å². The van der Waals surface area contributed by atoms with Crippen molar-refractivity contribution in [3.63, 3.8) is 0 Å². The van der Waals surface area contributed by atoms with E-state index in [1.54, 1.807) is 0 Å². The van der Waals surface area contributed by atoms with Crippen molar-refractivity contribution in [3.8, 4) is 0 Å². The van der Waals surface area contributed by atoms with E-state index < -0.39 is 17.7 Å². The number of benzene rings is 2. The molecule has 2 aromatic rings. The van der Waals surface area contributed by atoms with E-state index in [9.17, 15) is 8.78 Å². The average Bonchev–Trinajstić information content (AvgIpc) is 2.33. The zero-order valence-electron chi connectivity index (χ0n) is 11.4. The molecular weight excluding hydrogens is 324 g/mol. The Balaban J connectivity index is 2.33. The van der Waals surface area contributed by atoms with Gasteiger partial charge in [-0.15, -0.1) is 0 Å². The Morgan fingerprint density at radius 2 is 1.70 bits per heavy atom. The highest BCUT2D eigenvalue weighted by Crippen LogP contribution is 2.27. The lowest BCUT2D eigenvalue weighted by molar-refractivity contribution is 0.521. The SMILES string of the molecule is Cc1cc(C)cc(CC(N)c2c(F)ccc(Br)c2F)c1. The lowest BCUT2D eigenvalue weighted by atomic mass is 9.96. The third-order valence-electron chi connectivity index (χ3n) is 3.19. The predicted molar refractivity (Wildman–Crippen MR) is 80.6 cm³/mol. The van der Waals surface area contributed by atoms with Crippen molar-refractivity contribution in [2.75, 3.05) is 0 Å². The summed E-state index contributed by atoms with van der Waals surface area (Å²) in [5.41, 5.74) is 9.13. The van der Waals surface area contributed by atoms with Crippen molar-refractivity contribution >= 4 is 15.9 Å². The summed E-state index contributed by atoms with van der Waals surface area (Å²) in [5.74, 6) is -1.23. The zero-order valence-corrected chi connectivity index (χ0v) is 13.0. The molecule has 20 heavy (non-hydrogen) atoms. The monoisotopic (exact) mass is 339 g/mol. The van der Waals surface area contributed by atoms with Crippen LogP contribution in [0.25, 0.3) is 0 Å². The molecule has 0 aliphatic heterocycles. The summed E-state index contributed by atoms with van der Waals surface area (Å²) in [7, 11) is 0. The van der Waals surface area contributed by atoms with Gasteiger partial charge < -0.3 is 5.73 Å². The first-order valence-corrected chi connectivity index (χ1v) is 7.14. The molecule has 0 saturated carbocycles. The summed E-state index contributed by atoms with van der Waals surface area (Å²) in [6.07, 6.45) is 0.396. The quantitative estimate of drug-likeness (QED) is 0.813. The number of hydrogen-bond acceptors (Lipinski definition) is 1. The second kappa shape index (κ2) is 6.02. The molecule has 1 unspecified atom stereocenters. The van der Waals surface area contributed by atoms with E-state index in [1.165, 1.54) is 12.1 Å². The lowest BCUT2D eigenvalue weighted by Gasteiger charge is -2.15. The standard InChI is InChI=1S/C16H16BrF2N/c1-9-5-10(2)7-11(6-9)8-14(20)15-13(18)4-3-12(17)16(15)19/h3-7,14H,8,20H2,1-2H3. The van der Waals surface area contributed by atoms with Gasteiger partial charge in [0.05, 0.1) is 4.47 Å². The van der Waals surface area contributed by atoms with Gasteiger partial charge in [0, 0.05) is 11.6 Å². The molecule has 2 N–H and O–H groups in total. The van der Waals surface area contributed by atoms with E-state index in [0.717, 1.165) is 16.7 Å². The minimum atomic E-state index is -0.714. The van der Waals surface area contributed by atoms with Crippen molar-refractivity contribution in [2.24, 2.45) is 5.73 Å². The van der Waals surface area contributed by atoms with E-state index in [1.807, 2.05) is 26.0 Å². The topological polar surface area (TPSA) is 26.0 Å². The fourth-order valence-corrected chi connectivity index (χ4v) is 2.77. The highest BCUT2D eigenvalue weighted by molar-refractivity contribution is 9.10. The zero-order chi connectivity index (χ0) is 14.9. The maximum absolute atomic E-state index is 14.0.